The number of benzene rings is 2. The zero-order valence-corrected chi connectivity index (χ0v) is 12.4. The second-order valence-electron chi connectivity index (χ2n) is 4.85. The number of fused-ring (bicyclic) bond motifs is 3. The molecule has 0 fully saturated rings. The first-order chi connectivity index (χ1) is 10.6. The Bertz CT molecular complexity index is 737. The van der Waals surface area contributed by atoms with Gasteiger partial charge in [-0.3, -0.25) is 11.5 Å². The van der Waals surface area contributed by atoms with Crippen LogP contribution >= 0.6 is 0 Å². The third kappa shape index (κ3) is 2.24. The summed E-state index contributed by atoms with van der Waals surface area (Å²) < 4.78 is 10.6. The Hall–Kier alpha value is -3.02. The second kappa shape index (κ2) is 5.40. The van der Waals surface area contributed by atoms with Crippen LogP contribution in [-0.4, -0.2) is 25.9 Å². The van der Waals surface area contributed by atoms with Crippen LogP contribution in [0.2, 0.25) is 0 Å². The summed E-state index contributed by atoms with van der Waals surface area (Å²) in [5.41, 5.74) is 15.7. The van der Waals surface area contributed by atoms with Crippen LogP contribution in [0.3, 0.4) is 0 Å². The van der Waals surface area contributed by atoms with Crippen LogP contribution < -0.4 is 26.0 Å². The summed E-state index contributed by atoms with van der Waals surface area (Å²) in [6, 6.07) is 11.7. The molecule has 0 aliphatic heterocycles. The van der Waals surface area contributed by atoms with Crippen molar-refractivity contribution in [3.63, 3.8) is 0 Å². The van der Waals surface area contributed by atoms with Gasteiger partial charge in [-0.1, -0.05) is 0 Å². The first kappa shape index (κ1) is 13.9. The summed E-state index contributed by atoms with van der Waals surface area (Å²) in [7, 11) is 3.27. The minimum Gasteiger partial charge on any atom is -0.497 e. The lowest BCUT2D eigenvalue weighted by Crippen LogP contribution is -2.73. The van der Waals surface area contributed by atoms with Crippen LogP contribution in [0.25, 0.3) is 11.1 Å². The van der Waals surface area contributed by atoms with Crippen molar-refractivity contribution >= 4 is 11.7 Å². The first-order valence-corrected chi connectivity index (χ1v) is 6.73. The number of hydrogen-bond donors (Lipinski definition) is 3. The Morgan fingerprint density at radius 3 is 1.77 bits per heavy atom. The van der Waals surface area contributed by atoms with Gasteiger partial charge in [-0.25, -0.2) is 0 Å². The van der Waals surface area contributed by atoms with Gasteiger partial charge in [0, 0.05) is 11.1 Å². The van der Waals surface area contributed by atoms with Crippen molar-refractivity contribution in [2.45, 2.75) is 0 Å². The maximum Gasteiger partial charge on any atom is 0.362 e. The van der Waals surface area contributed by atoms with E-state index in [1.54, 1.807) is 14.2 Å². The van der Waals surface area contributed by atoms with E-state index in [2.05, 4.69) is 10.2 Å². The normalized spacial score (nSPS) is 11.5. The van der Waals surface area contributed by atoms with Gasteiger partial charge in [0.05, 0.1) is 14.2 Å². The number of nitrogens with zero attached hydrogens (tertiary/aromatic N) is 1. The van der Waals surface area contributed by atoms with Crippen molar-refractivity contribution in [1.29, 1.82) is 0 Å². The van der Waals surface area contributed by atoms with Crippen molar-refractivity contribution in [2.24, 2.45) is 16.6 Å². The number of hydrogen-bond acceptors (Lipinski definition) is 3. The standard InChI is InChI=1S/C16H16N4O2/c1-21-9-3-5-11-12-6-4-10(22-2)8-14(12)15(13(11)7-9)19-20-16(17)18/h3-8H,1-2H3,(H4,17,18,20)/p+1. The molecule has 6 heteroatoms. The molecule has 1 aliphatic carbocycles. The third-order valence-corrected chi connectivity index (χ3v) is 3.55. The van der Waals surface area contributed by atoms with E-state index in [0.717, 1.165) is 39.5 Å². The predicted octanol–water partition coefficient (Wildman–Crippen LogP) is -0.209. The Morgan fingerprint density at radius 2 is 1.36 bits per heavy atom. The number of nitrogens with two attached hydrogens (primary N) is 2. The third-order valence-electron chi connectivity index (χ3n) is 3.55. The minimum absolute atomic E-state index is 0.0355. The SMILES string of the molecule is COc1ccc2c(c1)C(=N[NH+]=C(N)N)c1cc(OC)ccc1-2. The van der Waals surface area contributed by atoms with E-state index in [9.17, 15) is 0 Å². The van der Waals surface area contributed by atoms with Gasteiger partial charge in [-0.05, 0) is 47.5 Å². The van der Waals surface area contributed by atoms with Gasteiger partial charge in [0.1, 0.15) is 17.2 Å². The molecule has 22 heavy (non-hydrogen) atoms. The molecule has 0 atom stereocenters. The molecule has 0 radical (unpaired) electrons. The Kier molecular flexibility index (Phi) is 3.42. The van der Waals surface area contributed by atoms with Crippen molar-refractivity contribution in [3.8, 4) is 22.6 Å². The molecule has 5 N–H and O–H groups in total. The molecule has 0 saturated carbocycles. The highest BCUT2D eigenvalue weighted by molar-refractivity contribution is 6.24. The monoisotopic (exact) mass is 297 g/mol. The molecule has 2 aromatic carbocycles. The lowest BCUT2D eigenvalue weighted by atomic mass is 10.1. The summed E-state index contributed by atoms with van der Waals surface area (Å²) in [4.78, 5) is 0. The minimum atomic E-state index is 0.0355. The number of methoxy groups -OCH3 is 2. The zero-order valence-electron chi connectivity index (χ0n) is 12.4. The molecule has 0 heterocycles. The lowest BCUT2D eigenvalue weighted by molar-refractivity contribution is -0.464. The van der Waals surface area contributed by atoms with Crippen LogP contribution in [0.5, 0.6) is 11.5 Å². The Balaban J connectivity index is 2.25. The summed E-state index contributed by atoms with van der Waals surface area (Å²) in [6.07, 6.45) is 0. The molecule has 0 aromatic heterocycles. The van der Waals surface area contributed by atoms with E-state index < -0.39 is 0 Å². The number of guanidine groups is 1. The summed E-state index contributed by atoms with van der Waals surface area (Å²) >= 11 is 0. The highest BCUT2D eigenvalue weighted by Crippen LogP contribution is 2.39. The average Bonchev–Trinajstić information content (AvgIpc) is 2.84. The van der Waals surface area contributed by atoms with Gasteiger partial charge in [-0.15, -0.1) is 5.10 Å². The van der Waals surface area contributed by atoms with Crippen LogP contribution in [0, 0.1) is 0 Å². The maximum absolute atomic E-state index is 5.45. The zero-order chi connectivity index (χ0) is 15.7. The van der Waals surface area contributed by atoms with Gasteiger partial charge < -0.3 is 9.47 Å². The molecule has 3 rings (SSSR count). The molecule has 112 valence electrons. The van der Waals surface area contributed by atoms with Gasteiger partial charge >= 0.3 is 5.96 Å². The van der Waals surface area contributed by atoms with Crippen LogP contribution in [-0.2, 0) is 0 Å². The van der Waals surface area contributed by atoms with Crippen LogP contribution in [0.1, 0.15) is 11.1 Å². The molecule has 0 spiro atoms. The number of ether oxygens (including phenoxy) is 2. The van der Waals surface area contributed by atoms with E-state index in [-0.39, 0.29) is 5.96 Å². The molecule has 0 unspecified atom stereocenters. The molecule has 0 bridgehead atoms. The number of nitrogens with one attached hydrogen (secondary N) is 1. The molecule has 0 saturated heterocycles. The van der Waals surface area contributed by atoms with Gasteiger partial charge in [0.2, 0.25) is 0 Å². The Labute approximate surface area is 128 Å². The molecule has 0 amide bonds. The molecule has 6 nitrogen and oxygen atoms in total. The predicted molar refractivity (Wildman–Crippen MR) is 85.0 cm³/mol. The molecular weight excluding hydrogens is 280 g/mol. The highest BCUT2D eigenvalue weighted by atomic mass is 16.5. The van der Waals surface area contributed by atoms with Crippen LogP contribution in [0.15, 0.2) is 41.5 Å². The van der Waals surface area contributed by atoms with Crippen LogP contribution in [0.4, 0.5) is 0 Å². The molecule has 2 aromatic rings. The fourth-order valence-electron chi connectivity index (χ4n) is 2.55. The number of rotatable bonds is 3. The quantitative estimate of drug-likeness (QED) is 0.354. The van der Waals surface area contributed by atoms with Gasteiger partial charge in [-0.2, -0.15) is 5.10 Å². The summed E-state index contributed by atoms with van der Waals surface area (Å²) in [5, 5.41) is 6.95. The number of hydrazone groups is 1. The largest absolute Gasteiger partial charge is 0.497 e. The second-order valence-corrected chi connectivity index (χ2v) is 4.85. The van der Waals surface area contributed by atoms with Crippen molar-refractivity contribution in [3.05, 3.63) is 47.5 Å². The van der Waals surface area contributed by atoms with E-state index >= 15 is 0 Å². The summed E-state index contributed by atoms with van der Waals surface area (Å²) in [6.45, 7) is 0. The molecule has 1 aliphatic rings. The lowest BCUT2D eigenvalue weighted by Gasteiger charge is -2.03. The van der Waals surface area contributed by atoms with Gasteiger partial charge in [0.25, 0.3) is 0 Å². The fourth-order valence-corrected chi connectivity index (χ4v) is 2.55. The smallest absolute Gasteiger partial charge is 0.362 e. The van der Waals surface area contributed by atoms with E-state index in [1.807, 2.05) is 36.4 Å². The highest BCUT2D eigenvalue weighted by Gasteiger charge is 2.26. The topological polar surface area (TPSA) is 96.8 Å². The van der Waals surface area contributed by atoms with Crippen molar-refractivity contribution in [1.82, 2.24) is 0 Å². The summed E-state index contributed by atoms with van der Waals surface area (Å²) in [5.74, 6) is 1.56. The average molecular weight is 297 g/mol. The van der Waals surface area contributed by atoms with E-state index in [1.165, 1.54) is 0 Å². The van der Waals surface area contributed by atoms with Crippen molar-refractivity contribution in [2.75, 3.05) is 14.2 Å². The van der Waals surface area contributed by atoms with E-state index in [0.29, 0.717) is 0 Å². The fraction of sp³-hybridized carbons (Fsp3) is 0.125. The van der Waals surface area contributed by atoms with Crippen molar-refractivity contribution < 1.29 is 14.6 Å². The Morgan fingerprint density at radius 1 is 0.864 bits per heavy atom. The van der Waals surface area contributed by atoms with Gasteiger partial charge in [0.15, 0.2) is 0 Å². The molecular formula is C16H17N4O2+. The van der Waals surface area contributed by atoms with E-state index in [4.69, 9.17) is 20.9 Å². The maximum atomic E-state index is 5.45. The first-order valence-electron chi connectivity index (χ1n) is 6.73.